The number of hydrogen-bond donors (Lipinski definition) is 1. The summed E-state index contributed by atoms with van der Waals surface area (Å²) in [7, 11) is 1.65. The van der Waals surface area contributed by atoms with Crippen molar-refractivity contribution in [1.82, 2.24) is 10.3 Å². The predicted molar refractivity (Wildman–Crippen MR) is 98.7 cm³/mol. The molecule has 4 nitrogen and oxygen atoms in total. The summed E-state index contributed by atoms with van der Waals surface area (Å²) in [6.07, 6.45) is -0.139. The van der Waals surface area contributed by atoms with Crippen LogP contribution in [0, 0.1) is 6.92 Å². The van der Waals surface area contributed by atoms with E-state index >= 15 is 0 Å². The highest BCUT2D eigenvalue weighted by molar-refractivity contribution is 7.13. The largest absolute Gasteiger partial charge is 0.374 e. The number of amides is 1. The molecule has 1 atom stereocenters. The van der Waals surface area contributed by atoms with Gasteiger partial charge in [0, 0.05) is 34.4 Å². The molecular formula is C18H18N2O2S2. The zero-order chi connectivity index (χ0) is 16.9. The second-order valence-electron chi connectivity index (χ2n) is 5.29. The van der Waals surface area contributed by atoms with Gasteiger partial charge in [0.05, 0.1) is 0 Å². The number of nitrogens with one attached hydrogen (secondary N) is 1. The van der Waals surface area contributed by atoms with Gasteiger partial charge in [-0.1, -0.05) is 30.3 Å². The van der Waals surface area contributed by atoms with Gasteiger partial charge in [-0.05, 0) is 19.1 Å². The van der Waals surface area contributed by atoms with Gasteiger partial charge in [0.2, 0.25) is 0 Å². The lowest BCUT2D eigenvalue weighted by Gasteiger charge is -2.14. The average Bonchev–Trinajstić information content (AvgIpc) is 3.26. The first kappa shape index (κ1) is 16.8. The molecular weight excluding hydrogens is 340 g/mol. The number of carbonyl (C=O) groups is 1. The molecule has 0 saturated heterocycles. The highest BCUT2D eigenvalue weighted by Gasteiger charge is 2.16. The maximum absolute atomic E-state index is 12.3. The molecule has 0 saturated carbocycles. The first-order chi connectivity index (χ1) is 11.7. The number of ether oxygens (including phenoxy) is 1. The van der Waals surface area contributed by atoms with E-state index in [1.54, 1.807) is 23.8 Å². The summed E-state index contributed by atoms with van der Waals surface area (Å²) in [5, 5.41) is 5.54. The van der Waals surface area contributed by atoms with Gasteiger partial charge >= 0.3 is 0 Å². The summed E-state index contributed by atoms with van der Waals surface area (Å²) in [4.78, 5) is 19.1. The third-order valence-corrected chi connectivity index (χ3v) is 5.55. The van der Waals surface area contributed by atoms with Crippen LogP contribution in [0.1, 0.15) is 26.3 Å². The third kappa shape index (κ3) is 3.90. The Kier molecular flexibility index (Phi) is 5.40. The number of aryl methyl sites for hydroxylation is 1. The Bertz CT molecular complexity index is 811. The van der Waals surface area contributed by atoms with Gasteiger partial charge in [0.1, 0.15) is 16.8 Å². The molecule has 0 fully saturated rings. The minimum absolute atomic E-state index is 0.139. The molecule has 0 spiro atoms. The number of thiophene rings is 1. The van der Waals surface area contributed by atoms with Crippen LogP contribution in [0.2, 0.25) is 0 Å². The molecule has 0 aliphatic rings. The average molecular weight is 358 g/mol. The second-order valence-corrected chi connectivity index (χ2v) is 7.46. The van der Waals surface area contributed by atoms with E-state index in [1.807, 2.05) is 36.4 Å². The second kappa shape index (κ2) is 7.70. The van der Waals surface area contributed by atoms with Crippen molar-refractivity contribution in [2.75, 3.05) is 13.7 Å². The highest BCUT2D eigenvalue weighted by atomic mass is 32.1. The first-order valence-corrected chi connectivity index (χ1v) is 9.25. The Hall–Kier alpha value is -2.02. The van der Waals surface area contributed by atoms with Crippen LogP contribution in [0.15, 0.2) is 47.8 Å². The molecule has 1 amide bonds. The standard InChI is InChI=1S/C18H18N2O2S2/c1-12-8-9-16(24-12)15(22-2)10-19-17(21)14-11-23-18(20-14)13-6-4-3-5-7-13/h3-9,11,15H,10H2,1-2H3,(H,19,21)/t15-/m0/s1. The van der Waals surface area contributed by atoms with Crippen molar-refractivity contribution < 1.29 is 9.53 Å². The van der Waals surface area contributed by atoms with Crippen molar-refractivity contribution in [2.24, 2.45) is 0 Å². The topological polar surface area (TPSA) is 51.2 Å². The maximum Gasteiger partial charge on any atom is 0.270 e. The Morgan fingerprint density at radius 3 is 2.71 bits per heavy atom. The highest BCUT2D eigenvalue weighted by Crippen LogP contribution is 2.25. The number of thiazole rings is 1. The van der Waals surface area contributed by atoms with Crippen molar-refractivity contribution in [3.63, 3.8) is 0 Å². The van der Waals surface area contributed by atoms with E-state index in [0.717, 1.165) is 15.4 Å². The zero-order valence-electron chi connectivity index (χ0n) is 13.5. The molecule has 24 heavy (non-hydrogen) atoms. The fourth-order valence-corrected chi connectivity index (χ4v) is 4.06. The van der Waals surface area contributed by atoms with Crippen LogP contribution >= 0.6 is 22.7 Å². The van der Waals surface area contributed by atoms with Gasteiger partial charge in [0.15, 0.2) is 0 Å². The molecule has 2 heterocycles. The molecule has 0 bridgehead atoms. The molecule has 1 N–H and O–H groups in total. The molecule has 1 aromatic carbocycles. The van der Waals surface area contributed by atoms with Gasteiger partial charge < -0.3 is 10.1 Å². The lowest BCUT2D eigenvalue weighted by atomic mass is 10.2. The molecule has 124 valence electrons. The van der Waals surface area contributed by atoms with Crippen molar-refractivity contribution in [2.45, 2.75) is 13.0 Å². The molecule has 0 aliphatic carbocycles. The van der Waals surface area contributed by atoms with Gasteiger partial charge in [-0.2, -0.15) is 0 Å². The van der Waals surface area contributed by atoms with E-state index in [0.29, 0.717) is 12.2 Å². The van der Waals surface area contributed by atoms with E-state index in [2.05, 4.69) is 23.3 Å². The summed E-state index contributed by atoms with van der Waals surface area (Å²) in [5.74, 6) is -0.177. The van der Waals surface area contributed by atoms with Gasteiger partial charge in [-0.15, -0.1) is 22.7 Å². The van der Waals surface area contributed by atoms with Crippen molar-refractivity contribution in [3.8, 4) is 10.6 Å². The number of nitrogens with zero attached hydrogens (tertiary/aromatic N) is 1. The van der Waals surface area contributed by atoms with Gasteiger partial charge in [-0.25, -0.2) is 4.98 Å². The fourth-order valence-electron chi connectivity index (χ4n) is 2.29. The van der Waals surface area contributed by atoms with Crippen LogP contribution < -0.4 is 5.32 Å². The molecule has 0 unspecified atom stereocenters. The minimum Gasteiger partial charge on any atom is -0.374 e. The van der Waals surface area contributed by atoms with Crippen LogP contribution in [0.3, 0.4) is 0 Å². The van der Waals surface area contributed by atoms with Crippen LogP contribution in [0.5, 0.6) is 0 Å². The summed E-state index contributed by atoms with van der Waals surface area (Å²) >= 11 is 3.15. The number of methoxy groups -OCH3 is 1. The molecule has 0 aliphatic heterocycles. The minimum atomic E-state index is -0.177. The third-order valence-electron chi connectivity index (χ3n) is 3.57. The quantitative estimate of drug-likeness (QED) is 0.715. The maximum atomic E-state index is 12.3. The summed E-state index contributed by atoms with van der Waals surface area (Å²) < 4.78 is 5.49. The molecule has 3 rings (SSSR count). The van der Waals surface area contributed by atoms with Crippen molar-refractivity contribution in [1.29, 1.82) is 0 Å². The van der Waals surface area contributed by atoms with Crippen LogP contribution in [-0.2, 0) is 4.74 Å². The smallest absolute Gasteiger partial charge is 0.270 e. The molecule has 3 aromatic rings. The predicted octanol–water partition coefficient (Wildman–Crippen LogP) is 4.30. The Morgan fingerprint density at radius 1 is 1.25 bits per heavy atom. The molecule has 6 heteroatoms. The summed E-state index contributed by atoms with van der Waals surface area (Å²) in [5.41, 5.74) is 1.46. The van der Waals surface area contributed by atoms with Crippen LogP contribution in [-0.4, -0.2) is 24.5 Å². The van der Waals surface area contributed by atoms with E-state index in [1.165, 1.54) is 16.2 Å². The number of hydrogen-bond acceptors (Lipinski definition) is 5. The van der Waals surface area contributed by atoms with Crippen molar-refractivity contribution >= 4 is 28.6 Å². The Balaban J connectivity index is 1.64. The number of aromatic nitrogens is 1. The Labute approximate surface area is 149 Å². The Morgan fingerprint density at radius 2 is 2.04 bits per heavy atom. The normalized spacial score (nSPS) is 12.1. The van der Waals surface area contributed by atoms with Crippen molar-refractivity contribution in [3.05, 3.63) is 63.3 Å². The van der Waals surface area contributed by atoms with Crippen LogP contribution in [0.4, 0.5) is 0 Å². The monoisotopic (exact) mass is 358 g/mol. The van der Waals surface area contributed by atoms with Gasteiger partial charge in [0.25, 0.3) is 5.91 Å². The first-order valence-electron chi connectivity index (χ1n) is 7.55. The lowest BCUT2D eigenvalue weighted by Crippen LogP contribution is -2.29. The fraction of sp³-hybridized carbons (Fsp3) is 0.222. The lowest BCUT2D eigenvalue weighted by molar-refractivity contribution is 0.0834. The number of rotatable bonds is 6. The van der Waals surface area contributed by atoms with E-state index in [4.69, 9.17) is 4.74 Å². The zero-order valence-corrected chi connectivity index (χ0v) is 15.1. The van der Waals surface area contributed by atoms with Crippen LogP contribution in [0.25, 0.3) is 10.6 Å². The van der Waals surface area contributed by atoms with E-state index in [-0.39, 0.29) is 12.0 Å². The number of benzene rings is 1. The summed E-state index contributed by atoms with van der Waals surface area (Å²) in [6, 6.07) is 13.9. The SMILES string of the molecule is CO[C@@H](CNC(=O)c1csc(-c2ccccc2)n1)c1ccc(C)s1. The van der Waals surface area contributed by atoms with E-state index in [9.17, 15) is 4.79 Å². The van der Waals surface area contributed by atoms with Gasteiger partial charge in [-0.3, -0.25) is 4.79 Å². The molecule has 0 radical (unpaired) electrons. The van der Waals surface area contributed by atoms with E-state index < -0.39 is 0 Å². The summed E-state index contributed by atoms with van der Waals surface area (Å²) in [6.45, 7) is 2.48. The molecule has 2 aromatic heterocycles. The number of carbonyl (C=O) groups excluding carboxylic acids is 1.